The Morgan fingerprint density at radius 1 is 1.29 bits per heavy atom. The molecular formula is C22H31ClN4O. The highest BCUT2D eigenvalue weighted by atomic mass is 35.5. The van der Waals surface area contributed by atoms with E-state index in [0.29, 0.717) is 18.9 Å². The van der Waals surface area contributed by atoms with Crippen LogP contribution in [-0.2, 0) is 17.8 Å². The van der Waals surface area contributed by atoms with E-state index in [1.165, 1.54) is 18.4 Å². The Kier molecular flexibility index (Phi) is 7.51. The number of amides is 1. The molecule has 2 heterocycles. The largest absolute Gasteiger partial charge is 0.345 e. The van der Waals surface area contributed by atoms with Crippen molar-refractivity contribution in [3.63, 3.8) is 0 Å². The number of aromatic nitrogens is 2. The fourth-order valence-electron chi connectivity index (χ4n) is 3.98. The van der Waals surface area contributed by atoms with Crippen molar-refractivity contribution >= 4 is 17.5 Å². The number of nitrogens with zero attached hydrogens (tertiary/aromatic N) is 4. The number of likely N-dealkylation sites (tertiary alicyclic amines) is 1. The maximum atomic E-state index is 12.5. The van der Waals surface area contributed by atoms with Crippen LogP contribution in [0.2, 0.25) is 5.02 Å². The van der Waals surface area contributed by atoms with Gasteiger partial charge in [0.15, 0.2) is 0 Å². The van der Waals surface area contributed by atoms with Gasteiger partial charge in [-0.3, -0.25) is 4.79 Å². The second-order valence-corrected chi connectivity index (χ2v) is 8.31. The Morgan fingerprint density at radius 2 is 2.07 bits per heavy atom. The molecular weight excluding hydrogens is 372 g/mol. The summed E-state index contributed by atoms with van der Waals surface area (Å²) in [6, 6.07) is 8.14. The number of carbonyl (C=O) groups excluding carboxylic acids is 1. The number of hydrogen-bond donors (Lipinski definition) is 0. The molecule has 1 aliphatic heterocycles. The van der Waals surface area contributed by atoms with E-state index in [1.807, 2.05) is 41.8 Å². The molecule has 6 heteroatoms. The van der Waals surface area contributed by atoms with Gasteiger partial charge < -0.3 is 14.4 Å². The molecule has 5 nitrogen and oxygen atoms in total. The maximum absolute atomic E-state index is 12.5. The molecule has 1 fully saturated rings. The normalized spacial score (nSPS) is 17.6. The van der Waals surface area contributed by atoms with Gasteiger partial charge in [0.05, 0.1) is 0 Å². The topological polar surface area (TPSA) is 41.4 Å². The zero-order valence-electron chi connectivity index (χ0n) is 17.0. The van der Waals surface area contributed by atoms with Gasteiger partial charge in [-0.25, -0.2) is 4.98 Å². The number of hydrogen-bond acceptors (Lipinski definition) is 3. The lowest BCUT2D eigenvalue weighted by Crippen LogP contribution is -2.42. The molecule has 1 amide bonds. The van der Waals surface area contributed by atoms with Crippen molar-refractivity contribution in [2.45, 2.75) is 39.2 Å². The first kappa shape index (κ1) is 20.9. The van der Waals surface area contributed by atoms with Crippen LogP contribution in [0.25, 0.3) is 0 Å². The SMILES string of the molecule is Cc1nccn1CCC(=O)N(C)C[C@@H]1CCCN(CCc2ccc(Cl)cc2)C1. The summed E-state index contributed by atoms with van der Waals surface area (Å²) in [6.07, 6.45) is 7.70. The van der Waals surface area contributed by atoms with Crippen molar-refractivity contribution < 1.29 is 4.79 Å². The fraction of sp³-hybridized carbons (Fsp3) is 0.545. The molecule has 0 radical (unpaired) electrons. The van der Waals surface area contributed by atoms with E-state index in [2.05, 4.69) is 22.0 Å². The van der Waals surface area contributed by atoms with Crippen molar-refractivity contribution in [3.8, 4) is 0 Å². The van der Waals surface area contributed by atoms with E-state index in [0.717, 1.165) is 43.4 Å². The van der Waals surface area contributed by atoms with Crippen molar-refractivity contribution in [2.24, 2.45) is 5.92 Å². The molecule has 1 aromatic heterocycles. The van der Waals surface area contributed by atoms with Crippen molar-refractivity contribution in [3.05, 3.63) is 53.1 Å². The van der Waals surface area contributed by atoms with E-state index in [9.17, 15) is 4.79 Å². The molecule has 1 aromatic carbocycles. The molecule has 0 spiro atoms. The second kappa shape index (κ2) is 10.1. The Morgan fingerprint density at radius 3 is 2.79 bits per heavy atom. The summed E-state index contributed by atoms with van der Waals surface area (Å²) in [6.45, 7) is 6.81. The van der Waals surface area contributed by atoms with Crippen LogP contribution >= 0.6 is 11.6 Å². The minimum Gasteiger partial charge on any atom is -0.345 e. The van der Waals surface area contributed by atoms with Gasteiger partial charge in [0.25, 0.3) is 0 Å². The van der Waals surface area contributed by atoms with Crippen LogP contribution in [0.3, 0.4) is 0 Å². The van der Waals surface area contributed by atoms with Crippen molar-refractivity contribution in [2.75, 3.05) is 33.2 Å². The lowest BCUT2D eigenvalue weighted by molar-refractivity contribution is -0.130. The third-order valence-electron chi connectivity index (χ3n) is 5.68. The van der Waals surface area contributed by atoms with Crippen LogP contribution in [0.15, 0.2) is 36.7 Å². The molecule has 28 heavy (non-hydrogen) atoms. The van der Waals surface area contributed by atoms with Crippen molar-refractivity contribution in [1.82, 2.24) is 19.4 Å². The number of rotatable bonds is 8. The highest BCUT2D eigenvalue weighted by molar-refractivity contribution is 6.30. The lowest BCUT2D eigenvalue weighted by Gasteiger charge is -2.34. The van der Waals surface area contributed by atoms with Gasteiger partial charge in [0.2, 0.25) is 5.91 Å². The van der Waals surface area contributed by atoms with Gasteiger partial charge >= 0.3 is 0 Å². The minimum atomic E-state index is 0.214. The third-order valence-corrected chi connectivity index (χ3v) is 5.93. The van der Waals surface area contributed by atoms with Gasteiger partial charge in [-0.05, 0) is 56.3 Å². The molecule has 0 N–H and O–H groups in total. The van der Waals surface area contributed by atoms with Crippen LogP contribution in [0, 0.1) is 12.8 Å². The molecule has 2 aromatic rings. The molecule has 1 saturated heterocycles. The smallest absolute Gasteiger partial charge is 0.224 e. The number of halogens is 1. The summed E-state index contributed by atoms with van der Waals surface area (Å²) in [5.74, 6) is 1.73. The van der Waals surface area contributed by atoms with Crippen LogP contribution in [-0.4, -0.2) is 58.5 Å². The summed E-state index contributed by atoms with van der Waals surface area (Å²) in [4.78, 5) is 21.2. The van der Waals surface area contributed by atoms with Crippen LogP contribution in [0.5, 0.6) is 0 Å². The molecule has 3 rings (SSSR count). The maximum Gasteiger partial charge on any atom is 0.224 e. The highest BCUT2D eigenvalue weighted by Gasteiger charge is 2.22. The number of carbonyl (C=O) groups is 1. The summed E-state index contributed by atoms with van der Waals surface area (Å²) in [5, 5.41) is 0.790. The average molecular weight is 403 g/mol. The number of piperidine rings is 1. The van der Waals surface area contributed by atoms with E-state index < -0.39 is 0 Å². The van der Waals surface area contributed by atoms with Gasteiger partial charge in [-0.1, -0.05) is 23.7 Å². The van der Waals surface area contributed by atoms with E-state index >= 15 is 0 Å². The molecule has 0 unspecified atom stereocenters. The zero-order valence-corrected chi connectivity index (χ0v) is 17.7. The molecule has 0 aliphatic carbocycles. The monoisotopic (exact) mass is 402 g/mol. The quantitative estimate of drug-likeness (QED) is 0.676. The molecule has 0 saturated carbocycles. The van der Waals surface area contributed by atoms with Crippen LogP contribution in [0.1, 0.15) is 30.7 Å². The number of aryl methyl sites for hydroxylation is 2. The fourth-order valence-corrected chi connectivity index (χ4v) is 4.10. The summed E-state index contributed by atoms with van der Waals surface area (Å²) in [5.41, 5.74) is 1.33. The van der Waals surface area contributed by atoms with E-state index in [-0.39, 0.29) is 5.91 Å². The zero-order chi connectivity index (χ0) is 19.9. The lowest BCUT2D eigenvalue weighted by atomic mass is 9.97. The first-order valence-electron chi connectivity index (χ1n) is 10.2. The Bertz CT molecular complexity index is 758. The van der Waals surface area contributed by atoms with Crippen molar-refractivity contribution in [1.29, 1.82) is 0 Å². The predicted molar refractivity (Wildman–Crippen MR) is 114 cm³/mol. The summed E-state index contributed by atoms with van der Waals surface area (Å²) >= 11 is 5.97. The second-order valence-electron chi connectivity index (χ2n) is 7.88. The Labute approximate surface area is 173 Å². The van der Waals surface area contributed by atoms with Crippen LogP contribution in [0.4, 0.5) is 0 Å². The number of benzene rings is 1. The molecule has 152 valence electrons. The standard InChI is InChI=1S/C22H31ClN4O/c1-18-24-11-15-27(18)14-10-22(28)25(2)16-20-4-3-12-26(17-20)13-9-19-5-7-21(23)8-6-19/h5-8,11,15,20H,3-4,9-10,12-14,16-17H2,1-2H3/t20-/m0/s1. The van der Waals surface area contributed by atoms with E-state index in [1.54, 1.807) is 6.20 Å². The van der Waals surface area contributed by atoms with E-state index in [4.69, 9.17) is 11.6 Å². The summed E-state index contributed by atoms with van der Waals surface area (Å²) < 4.78 is 2.03. The van der Waals surface area contributed by atoms with Gasteiger partial charge in [0, 0.05) is 57.1 Å². The minimum absolute atomic E-state index is 0.214. The molecule has 1 atom stereocenters. The average Bonchev–Trinajstić information content (AvgIpc) is 3.10. The highest BCUT2D eigenvalue weighted by Crippen LogP contribution is 2.19. The van der Waals surface area contributed by atoms with Crippen LogP contribution < -0.4 is 0 Å². The molecule has 0 bridgehead atoms. The Balaban J connectivity index is 1.41. The van der Waals surface area contributed by atoms with Gasteiger partial charge in [-0.15, -0.1) is 0 Å². The first-order valence-corrected chi connectivity index (χ1v) is 10.6. The predicted octanol–water partition coefficient (Wildman–Crippen LogP) is 3.65. The third kappa shape index (κ3) is 6.08. The summed E-state index contributed by atoms with van der Waals surface area (Å²) in [7, 11) is 1.94. The van der Waals surface area contributed by atoms with Gasteiger partial charge in [0.1, 0.15) is 5.82 Å². The molecule has 1 aliphatic rings. The number of imidazole rings is 1. The van der Waals surface area contributed by atoms with Gasteiger partial charge in [-0.2, -0.15) is 0 Å². The Hall–Kier alpha value is -1.85. The first-order chi connectivity index (χ1) is 13.5.